The Morgan fingerprint density at radius 2 is 1.21 bits per heavy atom. The maximum atomic E-state index is 6.85. The molecule has 0 aliphatic rings. The molecule has 214 valence electrons. The minimum atomic E-state index is -0.0511. The maximum absolute atomic E-state index is 6.85. The van der Waals surface area contributed by atoms with Crippen molar-refractivity contribution in [1.29, 1.82) is 0 Å². The minimum absolute atomic E-state index is 0.0191. The Hall–Kier alpha value is -3.81. The van der Waals surface area contributed by atoms with Crippen LogP contribution in [0.5, 0.6) is 0 Å². The predicted octanol–water partition coefficient (Wildman–Crippen LogP) is 12.4. The zero-order valence-electron chi connectivity index (χ0n) is 26.2. The van der Waals surface area contributed by atoms with Crippen LogP contribution in [0.4, 0.5) is 17.1 Å². The standard InChI is InChI=1S/C40H42ClN/c1-27-17-19-36(28(2)21-27)30-15-12-16-34(22-30)42(35-24-32(40(6,7)8)23-33(41)26-35)38-20-18-31(39(3,4)5)25-37(38)29-13-10-9-11-14-29/h9-26H,1-8H3. The third-order valence-electron chi connectivity index (χ3n) is 7.99. The first kappa shape index (κ1) is 29.7. The van der Waals surface area contributed by atoms with E-state index >= 15 is 0 Å². The van der Waals surface area contributed by atoms with Crippen molar-refractivity contribution in [1.82, 2.24) is 0 Å². The van der Waals surface area contributed by atoms with E-state index in [1.165, 1.54) is 44.5 Å². The lowest BCUT2D eigenvalue weighted by molar-refractivity contribution is 0.590. The van der Waals surface area contributed by atoms with Gasteiger partial charge in [-0.2, -0.15) is 0 Å². The number of anilines is 3. The fourth-order valence-electron chi connectivity index (χ4n) is 5.56. The Balaban J connectivity index is 1.81. The molecule has 0 aliphatic heterocycles. The second-order valence-electron chi connectivity index (χ2n) is 13.5. The number of rotatable bonds is 5. The molecule has 0 fully saturated rings. The van der Waals surface area contributed by atoms with Gasteiger partial charge in [0, 0.05) is 22.0 Å². The second kappa shape index (κ2) is 11.5. The van der Waals surface area contributed by atoms with Crippen molar-refractivity contribution in [2.75, 3.05) is 4.90 Å². The quantitative estimate of drug-likeness (QED) is 0.203. The van der Waals surface area contributed by atoms with Crippen LogP contribution in [0.1, 0.15) is 63.8 Å². The van der Waals surface area contributed by atoms with Crippen LogP contribution in [0.2, 0.25) is 5.02 Å². The Kier molecular flexibility index (Phi) is 8.10. The zero-order chi connectivity index (χ0) is 30.2. The van der Waals surface area contributed by atoms with E-state index < -0.39 is 0 Å². The van der Waals surface area contributed by atoms with Gasteiger partial charge in [-0.1, -0.05) is 125 Å². The van der Waals surface area contributed by atoms with Crippen LogP contribution in [0.25, 0.3) is 22.3 Å². The van der Waals surface area contributed by atoms with E-state index in [2.05, 4.69) is 169 Å². The summed E-state index contributed by atoms with van der Waals surface area (Å²) in [6, 6.07) is 39.7. The van der Waals surface area contributed by atoms with Crippen LogP contribution in [-0.2, 0) is 10.8 Å². The highest BCUT2D eigenvalue weighted by Crippen LogP contribution is 2.45. The van der Waals surface area contributed by atoms with Crippen molar-refractivity contribution in [3.63, 3.8) is 0 Å². The number of hydrogen-bond acceptors (Lipinski definition) is 1. The smallest absolute Gasteiger partial charge is 0.0540 e. The Morgan fingerprint density at radius 3 is 1.88 bits per heavy atom. The minimum Gasteiger partial charge on any atom is -0.310 e. The van der Waals surface area contributed by atoms with Gasteiger partial charge in [0.2, 0.25) is 0 Å². The first-order valence-corrected chi connectivity index (χ1v) is 15.2. The lowest BCUT2D eigenvalue weighted by Gasteiger charge is -2.31. The van der Waals surface area contributed by atoms with Crippen molar-refractivity contribution in [3.8, 4) is 22.3 Å². The third kappa shape index (κ3) is 6.32. The van der Waals surface area contributed by atoms with Gasteiger partial charge in [-0.15, -0.1) is 0 Å². The number of aryl methyl sites for hydroxylation is 2. The van der Waals surface area contributed by atoms with E-state index in [0.717, 1.165) is 22.1 Å². The zero-order valence-corrected chi connectivity index (χ0v) is 27.0. The molecule has 0 amide bonds. The van der Waals surface area contributed by atoms with Crippen LogP contribution >= 0.6 is 11.6 Å². The van der Waals surface area contributed by atoms with E-state index in [0.29, 0.717) is 0 Å². The number of nitrogens with zero attached hydrogens (tertiary/aromatic N) is 1. The van der Waals surface area contributed by atoms with Crippen LogP contribution in [0.3, 0.4) is 0 Å². The highest BCUT2D eigenvalue weighted by atomic mass is 35.5. The molecule has 0 N–H and O–H groups in total. The average molecular weight is 572 g/mol. The normalized spacial score (nSPS) is 11.9. The van der Waals surface area contributed by atoms with Crippen LogP contribution < -0.4 is 4.90 Å². The Morgan fingerprint density at radius 1 is 0.524 bits per heavy atom. The molecule has 0 atom stereocenters. The summed E-state index contributed by atoms with van der Waals surface area (Å²) in [5, 5.41) is 0.737. The van der Waals surface area contributed by atoms with Crippen molar-refractivity contribution >= 4 is 28.7 Å². The number of halogens is 1. The molecule has 1 nitrogen and oxygen atoms in total. The van der Waals surface area contributed by atoms with Crippen LogP contribution in [-0.4, -0.2) is 0 Å². The molecule has 42 heavy (non-hydrogen) atoms. The molecule has 0 saturated heterocycles. The Labute approximate surface area is 257 Å². The topological polar surface area (TPSA) is 3.24 Å². The first-order chi connectivity index (χ1) is 19.8. The molecule has 0 radical (unpaired) electrons. The van der Waals surface area contributed by atoms with Gasteiger partial charge < -0.3 is 4.90 Å². The summed E-state index contributed by atoms with van der Waals surface area (Å²) >= 11 is 6.85. The van der Waals surface area contributed by atoms with E-state index in [-0.39, 0.29) is 10.8 Å². The molecular weight excluding hydrogens is 530 g/mol. The summed E-state index contributed by atoms with van der Waals surface area (Å²) in [6.45, 7) is 17.9. The van der Waals surface area contributed by atoms with Crippen molar-refractivity contribution in [2.45, 2.75) is 66.2 Å². The maximum Gasteiger partial charge on any atom is 0.0540 e. The first-order valence-electron chi connectivity index (χ1n) is 14.8. The lowest BCUT2D eigenvalue weighted by Crippen LogP contribution is -2.16. The predicted molar refractivity (Wildman–Crippen MR) is 184 cm³/mol. The fraction of sp³-hybridized carbons (Fsp3) is 0.250. The van der Waals surface area contributed by atoms with E-state index in [4.69, 9.17) is 11.6 Å². The summed E-state index contributed by atoms with van der Waals surface area (Å²) in [7, 11) is 0. The highest BCUT2D eigenvalue weighted by Gasteiger charge is 2.24. The fourth-order valence-corrected chi connectivity index (χ4v) is 5.79. The number of benzene rings is 5. The third-order valence-corrected chi connectivity index (χ3v) is 8.21. The molecule has 5 aromatic rings. The van der Waals surface area contributed by atoms with Gasteiger partial charge >= 0.3 is 0 Å². The summed E-state index contributed by atoms with van der Waals surface area (Å²) in [5.41, 5.74) is 13.1. The molecular formula is C40H42ClN. The monoisotopic (exact) mass is 571 g/mol. The average Bonchev–Trinajstić information content (AvgIpc) is 2.93. The molecule has 0 bridgehead atoms. The van der Waals surface area contributed by atoms with Crippen LogP contribution in [0.15, 0.2) is 109 Å². The van der Waals surface area contributed by atoms with Gasteiger partial charge in [0.1, 0.15) is 0 Å². The van der Waals surface area contributed by atoms with Gasteiger partial charge in [0.25, 0.3) is 0 Å². The summed E-state index contributed by atoms with van der Waals surface area (Å²) in [4.78, 5) is 2.38. The largest absolute Gasteiger partial charge is 0.310 e. The van der Waals surface area contributed by atoms with E-state index in [1.807, 2.05) is 0 Å². The molecule has 0 unspecified atom stereocenters. The molecule has 0 aromatic heterocycles. The summed E-state index contributed by atoms with van der Waals surface area (Å²) in [6.07, 6.45) is 0. The van der Waals surface area contributed by atoms with E-state index in [1.54, 1.807) is 0 Å². The van der Waals surface area contributed by atoms with Crippen molar-refractivity contribution in [3.05, 3.63) is 136 Å². The summed E-state index contributed by atoms with van der Waals surface area (Å²) < 4.78 is 0. The van der Waals surface area contributed by atoms with Gasteiger partial charge in [-0.3, -0.25) is 0 Å². The molecule has 0 spiro atoms. The molecule has 2 heteroatoms. The number of hydrogen-bond donors (Lipinski definition) is 0. The molecule has 0 saturated carbocycles. The molecule has 0 aliphatic carbocycles. The van der Waals surface area contributed by atoms with Gasteiger partial charge in [-0.05, 0) is 101 Å². The SMILES string of the molecule is Cc1ccc(-c2cccc(N(c3cc(Cl)cc(C(C)(C)C)c3)c3ccc(C(C)(C)C)cc3-c3ccccc3)c2)c(C)c1. The molecule has 0 heterocycles. The lowest BCUT2D eigenvalue weighted by atomic mass is 9.84. The molecule has 5 rings (SSSR count). The Bertz CT molecular complexity index is 1720. The van der Waals surface area contributed by atoms with Crippen molar-refractivity contribution in [2.24, 2.45) is 0 Å². The van der Waals surface area contributed by atoms with Gasteiger partial charge in [0.15, 0.2) is 0 Å². The second-order valence-corrected chi connectivity index (χ2v) is 13.9. The van der Waals surface area contributed by atoms with E-state index in [9.17, 15) is 0 Å². The molecule has 5 aromatic carbocycles. The van der Waals surface area contributed by atoms with Gasteiger partial charge in [0.05, 0.1) is 5.69 Å². The van der Waals surface area contributed by atoms with Gasteiger partial charge in [-0.25, -0.2) is 0 Å². The van der Waals surface area contributed by atoms with Crippen molar-refractivity contribution < 1.29 is 0 Å². The summed E-state index contributed by atoms with van der Waals surface area (Å²) in [5.74, 6) is 0. The highest BCUT2D eigenvalue weighted by molar-refractivity contribution is 6.31. The van der Waals surface area contributed by atoms with Crippen LogP contribution in [0, 0.1) is 13.8 Å².